The predicted octanol–water partition coefficient (Wildman–Crippen LogP) is 8.62. The first-order valence-corrected chi connectivity index (χ1v) is 23.4. The highest BCUT2D eigenvalue weighted by molar-refractivity contribution is 6.01. The Bertz CT molecular complexity index is 2560. The minimum absolute atomic E-state index is 0.0923. The highest BCUT2D eigenvalue weighted by Crippen LogP contribution is 2.43. The van der Waals surface area contributed by atoms with Gasteiger partial charge in [0.1, 0.15) is 17.9 Å². The molecule has 65 heavy (non-hydrogen) atoms. The summed E-state index contributed by atoms with van der Waals surface area (Å²) in [6.07, 6.45) is 8.72. The van der Waals surface area contributed by atoms with Crippen LogP contribution in [0, 0.1) is 24.7 Å². The molecule has 0 saturated carbocycles. The van der Waals surface area contributed by atoms with Crippen molar-refractivity contribution in [2.24, 2.45) is 22.7 Å². The molecule has 344 valence electrons. The molecule has 4 amide bonds. The van der Waals surface area contributed by atoms with E-state index in [1.807, 2.05) is 43.7 Å². The van der Waals surface area contributed by atoms with Crippen LogP contribution < -0.4 is 10.6 Å². The third-order valence-corrected chi connectivity index (χ3v) is 14.2. The number of aromatic nitrogens is 3. The number of imidazole rings is 1. The van der Waals surface area contributed by atoms with Crippen LogP contribution in [0.5, 0.6) is 0 Å². The molecule has 2 aromatic carbocycles. The summed E-state index contributed by atoms with van der Waals surface area (Å²) in [5.41, 5.74) is 11.9. The second kappa shape index (κ2) is 18.8. The zero-order chi connectivity index (χ0) is 46.3. The molecule has 2 saturated heterocycles. The van der Waals surface area contributed by atoms with E-state index >= 15 is 0 Å². The van der Waals surface area contributed by atoms with E-state index in [2.05, 4.69) is 78.9 Å². The maximum atomic E-state index is 14.0. The molecule has 1 aliphatic carbocycles. The second-order valence-electron chi connectivity index (χ2n) is 18.9. The number of amides is 4. The molecular weight excluding hydrogens is 821 g/mol. The average Bonchev–Trinajstić information content (AvgIpc) is 4.11. The first-order chi connectivity index (χ1) is 31.2. The van der Waals surface area contributed by atoms with Crippen molar-refractivity contribution in [3.63, 3.8) is 0 Å². The molecule has 6 unspecified atom stereocenters. The predicted molar refractivity (Wildman–Crippen MR) is 251 cm³/mol. The highest BCUT2D eigenvalue weighted by Gasteiger charge is 2.41. The molecule has 2 aromatic heterocycles. The Balaban J connectivity index is 1.05. The van der Waals surface area contributed by atoms with Gasteiger partial charge in [0.25, 0.3) is 0 Å². The number of ether oxygens (including phenoxy) is 2. The normalized spacial score (nSPS) is 21.4. The zero-order valence-electron chi connectivity index (χ0n) is 39.3. The highest BCUT2D eigenvalue weighted by atomic mass is 16.5. The van der Waals surface area contributed by atoms with Crippen LogP contribution >= 0.6 is 0 Å². The van der Waals surface area contributed by atoms with Crippen LogP contribution in [-0.2, 0) is 25.5 Å². The van der Waals surface area contributed by atoms with Crippen molar-refractivity contribution in [1.29, 1.82) is 0 Å². The number of aromatic amines is 1. The number of pyridine rings is 1. The summed E-state index contributed by atoms with van der Waals surface area (Å²) >= 11 is 0. The standard InChI is InChI=1S/C51H64N8O6/c1-10-31-17-20-38(54-46(31)41-13-11-21-58(41)48(60)44(27(2)3)56-50(62)64-8)33-16-19-36-37-24-34-23-32(15-18-35(34)29(6)43(37)30(7)53-39(36)25-33)40-26-52-47(55-40)42-14-12-22-59(42)49(61)45(28(4)5)57-51(63)65-9/h15-16,18-20,23,25-29,31,41-42,44-45H,10-14,17,21-22,24H2,1-9H3,(H,52,55)(H,56,62)(H,57,63). The third kappa shape index (κ3) is 8.75. The van der Waals surface area contributed by atoms with Crippen LogP contribution in [-0.4, -0.2) is 99.9 Å². The summed E-state index contributed by atoms with van der Waals surface area (Å²) in [6, 6.07) is 11.5. The van der Waals surface area contributed by atoms with Crippen molar-refractivity contribution in [3.8, 4) is 11.3 Å². The zero-order valence-corrected chi connectivity index (χ0v) is 39.3. The number of hydrogen-bond acceptors (Lipinski definition) is 9. The molecule has 6 atom stereocenters. The summed E-state index contributed by atoms with van der Waals surface area (Å²) in [6.45, 7) is 15.5. The Morgan fingerprint density at radius 3 is 2.12 bits per heavy atom. The van der Waals surface area contributed by atoms with E-state index in [0.717, 1.165) is 95.6 Å². The van der Waals surface area contributed by atoms with Crippen molar-refractivity contribution < 1.29 is 28.7 Å². The van der Waals surface area contributed by atoms with Crippen molar-refractivity contribution >= 4 is 46.3 Å². The van der Waals surface area contributed by atoms with Gasteiger partial charge in [-0.2, -0.15) is 0 Å². The lowest BCUT2D eigenvalue weighted by Gasteiger charge is -2.34. The average molecular weight is 885 g/mol. The Labute approximate surface area is 382 Å². The number of fused-ring (bicyclic) bond motifs is 4. The molecule has 2 fully saturated rings. The van der Waals surface area contributed by atoms with Crippen LogP contribution in [0.2, 0.25) is 0 Å². The maximum absolute atomic E-state index is 14.0. The molecule has 5 heterocycles. The molecule has 0 radical (unpaired) electrons. The number of nitrogens with one attached hydrogen (secondary N) is 3. The summed E-state index contributed by atoms with van der Waals surface area (Å²) < 4.78 is 9.67. The number of benzene rings is 2. The molecule has 8 rings (SSSR count). The number of H-pyrrole nitrogens is 1. The van der Waals surface area contributed by atoms with Gasteiger partial charge in [-0.3, -0.25) is 19.6 Å². The van der Waals surface area contributed by atoms with Gasteiger partial charge < -0.3 is 34.9 Å². The number of aliphatic imine (C=N–C) groups is 1. The number of nitrogens with zero attached hydrogens (tertiary/aromatic N) is 5. The molecule has 3 aliphatic heterocycles. The quantitative estimate of drug-likeness (QED) is 0.134. The van der Waals surface area contributed by atoms with Gasteiger partial charge in [-0.25, -0.2) is 14.6 Å². The van der Waals surface area contributed by atoms with Gasteiger partial charge >= 0.3 is 12.2 Å². The largest absolute Gasteiger partial charge is 0.453 e. The molecule has 14 heteroatoms. The van der Waals surface area contributed by atoms with Gasteiger partial charge in [0.05, 0.1) is 49.4 Å². The van der Waals surface area contributed by atoms with Crippen LogP contribution in [0.15, 0.2) is 53.7 Å². The minimum Gasteiger partial charge on any atom is -0.453 e. The minimum atomic E-state index is -0.696. The fourth-order valence-electron chi connectivity index (χ4n) is 10.7. The summed E-state index contributed by atoms with van der Waals surface area (Å²) in [5, 5.41) is 6.64. The van der Waals surface area contributed by atoms with Gasteiger partial charge in [0.15, 0.2) is 0 Å². The topological polar surface area (TPSA) is 171 Å². The molecule has 0 spiro atoms. The van der Waals surface area contributed by atoms with Gasteiger partial charge in [-0.15, -0.1) is 0 Å². The van der Waals surface area contributed by atoms with Gasteiger partial charge in [-0.05, 0) is 104 Å². The number of alkyl carbamates (subject to hydrolysis) is 2. The Morgan fingerprint density at radius 1 is 0.862 bits per heavy atom. The van der Waals surface area contributed by atoms with Crippen molar-refractivity contribution in [2.75, 3.05) is 27.3 Å². The van der Waals surface area contributed by atoms with E-state index in [4.69, 9.17) is 24.4 Å². The van der Waals surface area contributed by atoms with E-state index in [9.17, 15) is 19.2 Å². The maximum Gasteiger partial charge on any atom is 0.407 e. The number of hydrogen-bond donors (Lipinski definition) is 3. The number of allylic oxidation sites excluding steroid dienone is 1. The van der Waals surface area contributed by atoms with Crippen LogP contribution in [0.4, 0.5) is 9.59 Å². The fourth-order valence-corrected chi connectivity index (χ4v) is 10.7. The van der Waals surface area contributed by atoms with E-state index in [-0.39, 0.29) is 47.6 Å². The molecule has 4 aromatic rings. The lowest BCUT2D eigenvalue weighted by atomic mass is 9.76. The van der Waals surface area contributed by atoms with Crippen LogP contribution in [0.25, 0.3) is 27.9 Å². The molecule has 14 nitrogen and oxygen atoms in total. The number of carbonyl (C=O) groups is 4. The monoisotopic (exact) mass is 884 g/mol. The molecular formula is C51H64N8O6. The first-order valence-electron chi connectivity index (χ1n) is 23.4. The first kappa shape index (κ1) is 45.5. The summed E-state index contributed by atoms with van der Waals surface area (Å²) in [7, 11) is 2.62. The Morgan fingerprint density at radius 2 is 1.49 bits per heavy atom. The smallest absolute Gasteiger partial charge is 0.407 e. The summed E-state index contributed by atoms with van der Waals surface area (Å²) in [5.74, 6) is 0.666. The van der Waals surface area contributed by atoms with E-state index in [1.54, 1.807) is 0 Å². The van der Waals surface area contributed by atoms with Crippen LogP contribution in [0.3, 0.4) is 0 Å². The lowest BCUT2D eigenvalue weighted by molar-refractivity contribution is -0.135. The second-order valence-corrected chi connectivity index (χ2v) is 18.9. The summed E-state index contributed by atoms with van der Waals surface area (Å²) in [4.78, 5) is 74.8. The Hall–Kier alpha value is -6.05. The van der Waals surface area contributed by atoms with Crippen molar-refractivity contribution in [2.45, 2.75) is 123 Å². The molecule has 4 aliphatic rings. The van der Waals surface area contributed by atoms with Crippen molar-refractivity contribution in [1.82, 2.24) is 35.4 Å². The fraction of sp³-hybridized carbons (Fsp3) is 0.510. The number of rotatable bonds is 11. The van der Waals surface area contributed by atoms with E-state index in [1.165, 1.54) is 36.5 Å². The van der Waals surface area contributed by atoms with Crippen molar-refractivity contribution in [3.05, 3.63) is 88.0 Å². The number of methoxy groups -OCH3 is 2. The Kier molecular flexibility index (Phi) is 13.2. The lowest BCUT2D eigenvalue weighted by Crippen LogP contribution is -2.54. The SMILES string of the molecule is CCC1CC=C(c2ccc3c4c(c(C)nc3c2)C(C)c2ccc(-c3cnc(C5CCCN5C(=O)C(NC(=O)OC)C(C)C)[nH]3)cc2C4)N=C1C1CCCN1C(=O)C(NC(=O)OC)C(C)C. The van der Waals surface area contributed by atoms with Gasteiger partial charge in [0, 0.05) is 47.3 Å². The molecule has 3 N–H and O–H groups in total. The number of carbonyl (C=O) groups excluding carboxylic acids is 4. The van der Waals surface area contributed by atoms with E-state index in [0.29, 0.717) is 13.1 Å². The van der Waals surface area contributed by atoms with Crippen LogP contribution in [0.1, 0.15) is 131 Å². The van der Waals surface area contributed by atoms with E-state index < -0.39 is 24.3 Å². The molecule has 0 bridgehead atoms. The van der Waals surface area contributed by atoms with Gasteiger partial charge in [0.2, 0.25) is 11.8 Å². The van der Waals surface area contributed by atoms with Gasteiger partial charge in [-0.1, -0.05) is 71.9 Å². The number of aryl methyl sites for hydroxylation is 1. The number of likely N-dealkylation sites (tertiary alicyclic amines) is 2. The third-order valence-electron chi connectivity index (χ3n) is 14.2.